The number of carbonyl (C=O) groups excluding carboxylic acids is 2. The summed E-state index contributed by atoms with van der Waals surface area (Å²) in [5.74, 6) is 0.547. The molecule has 0 radical (unpaired) electrons. The van der Waals surface area contributed by atoms with Gasteiger partial charge >= 0.3 is 5.97 Å². The van der Waals surface area contributed by atoms with Crippen LogP contribution in [0.2, 0.25) is 0 Å². The number of anilines is 1. The zero-order chi connectivity index (χ0) is 21.9. The molecule has 1 aliphatic rings. The van der Waals surface area contributed by atoms with Gasteiger partial charge in [-0.2, -0.15) is 0 Å². The van der Waals surface area contributed by atoms with E-state index in [1.54, 1.807) is 24.0 Å². The van der Waals surface area contributed by atoms with Crippen molar-refractivity contribution < 1.29 is 28.9 Å². The Balaban J connectivity index is 1.95. The number of esters is 1. The molecule has 3 N–H and O–H groups in total. The Morgan fingerprint density at radius 3 is 2.70 bits per heavy atom. The highest BCUT2D eigenvalue weighted by atomic mass is 16.5. The maximum atomic E-state index is 13.0. The zero-order valence-corrected chi connectivity index (χ0v) is 18.0. The van der Waals surface area contributed by atoms with Crippen LogP contribution in [0.3, 0.4) is 0 Å². The first-order valence-corrected chi connectivity index (χ1v) is 10.7. The standard InChI is InChI=1S/C22H34N2O6/c1-3-29-21(26)10-5-4-8-12-30-20-14-18(23)17(13-19(20)28-2)22(27)24-11-7-6-9-16(24)15-25/h13-14,16,25H,3-12,15,23H2,1-2H3/t16-/m0/s1. The number of amides is 1. The van der Waals surface area contributed by atoms with Crippen molar-refractivity contribution in [2.75, 3.05) is 39.2 Å². The van der Waals surface area contributed by atoms with Crippen molar-refractivity contribution in [2.45, 2.75) is 57.9 Å². The molecule has 0 saturated carbocycles. The maximum absolute atomic E-state index is 13.0. The van der Waals surface area contributed by atoms with Crippen LogP contribution in [0.5, 0.6) is 11.5 Å². The summed E-state index contributed by atoms with van der Waals surface area (Å²) >= 11 is 0. The average Bonchev–Trinajstić information content (AvgIpc) is 2.75. The second kappa shape index (κ2) is 12.3. The fourth-order valence-electron chi connectivity index (χ4n) is 3.61. The van der Waals surface area contributed by atoms with Crippen LogP contribution >= 0.6 is 0 Å². The van der Waals surface area contributed by atoms with Gasteiger partial charge in [0.25, 0.3) is 5.91 Å². The molecule has 0 spiro atoms. The molecule has 1 saturated heterocycles. The molecule has 1 aromatic rings. The molecular formula is C22H34N2O6. The number of piperidine rings is 1. The van der Waals surface area contributed by atoms with Crippen LogP contribution in [0.15, 0.2) is 12.1 Å². The van der Waals surface area contributed by atoms with Crippen molar-refractivity contribution in [3.63, 3.8) is 0 Å². The predicted octanol–water partition coefficient (Wildman–Crippen LogP) is 2.77. The summed E-state index contributed by atoms with van der Waals surface area (Å²) in [4.78, 5) is 26.0. The van der Waals surface area contributed by atoms with Crippen molar-refractivity contribution in [1.29, 1.82) is 0 Å². The highest BCUT2D eigenvalue weighted by Gasteiger charge is 2.28. The molecule has 30 heavy (non-hydrogen) atoms. The Bertz CT molecular complexity index is 709. The molecule has 2 rings (SSSR count). The quantitative estimate of drug-likeness (QED) is 0.320. The number of hydrogen-bond acceptors (Lipinski definition) is 7. The number of unbranched alkanes of at least 4 members (excludes halogenated alkanes) is 2. The fraction of sp³-hybridized carbons (Fsp3) is 0.636. The molecule has 1 atom stereocenters. The van der Waals surface area contributed by atoms with Crippen LogP contribution in [0.4, 0.5) is 5.69 Å². The van der Waals surface area contributed by atoms with Crippen molar-refractivity contribution >= 4 is 17.6 Å². The molecule has 0 aliphatic carbocycles. The number of nitrogens with zero attached hydrogens (tertiary/aromatic N) is 1. The van der Waals surface area contributed by atoms with Gasteiger partial charge in [0, 0.05) is 24.7 Å². The lowest BCUT2D eigenvalue weighted by atomic mass is 10.0. The van der Waals surface area contributed by atoms with Gasteiger partial charge in [-0.1, -0.05) is 0 Å². The largest absolute Gasteiger partial charge is 0.493 e. The van der Waals surface area contributed by atoms with Gasteiger partial charge in [-0.05, 0) is 51.5 Å². The van der Waals surface area contributed by atoms with Gasteiger partial charge in [0.2, 0.25) is 0 Å². The van der Waals surface area contributed by atoms with Crippen LogP contribution in [0, 0.1) is 0 Å². The maximum Gasteiger partial charge on any atom is 0.305 e. The lowest BCUT2D eigenvalue weighted by Crippen LogP contribution is -2.45. The van der Waals surface area contributed by atoms with Gasteiger partial charge < -0.3 is 30.0 Å². The normalized spacial score (nSPS) is 16.2. The minimum atomic E-state index is -0.199. The minimum Gasteiger partial charge on any atom is -0.493 e. The van der Waals surface area contributed by atoms with Crippen LogP contribution < -0.4 is 15.2 Å². The van der Waals surface area contributed by atoms with Gasteiger partial charge in [-0.15, -0.1) is 0 Å². The molecule has 1 heterocycles. The van der Waals surface area contributed by atoms with Crippen molar-refractivity contribution in [1.82, 2.24) is 4.90 Å². The van der Waals surface area contributed by atoms with E-state index in [-0.39, 0.29) is 24.5 Å². The number of carbonyl (C=O) groups is 2. The highest BCUT2D eigenvalue weighted by Crippen LogP contribution is 2.34. The second-order valence-corrected chi connectivity index (χ2v) is 7.39. The molecule has 168 valence electrons. The van der Waals surface area contributed by atoms with Crippen molar-refractivity contribution in [3.8, 4) is 11.5 Å². The molecule has 8 nitrogen and oxygen atoms in total. The van der Waals surface area contributed by atoms with Crippen LogP contribution in [-0.2, 0) is 9.53 Å². The van der Waals surface area contributed by atoms with E-state index in [0.29, 0.717) is 48.9 Å². The van der Waals surface area contributed by atoms with Crippen molar-refractivity contribution in [3.05, 3.63) is 17.7 Å². The SMILES string of the molecule is CCOC(=O)CCCCCOc1cc(N)c(C(=O)N2CCCC[C@H]2CO)cc1OC. The van der Waals surface area contributed by atoms with Crippen LogP contribution in [0.25, 0.3) is 0 Å². The molecule has 8 heteroatoms. The Morgan fingerprint density at radius 1 is 1.20 bits per heavy atom. The van der Waals surface area contributed by atoms with Gasteiger partial charge in [0.1, 0.15) is 0 Å². The summed E-state index contributed by atoms with van der Waals surface area (Å²) in [6.45, 7) is 3.20. The third kappa shape index (κ3) is 6.52. The van der Waals surface area contributed by atoms with E-state index in [1.807, 2.05) is 0 Å². The summed E-state index contributed by atoms with van der Waals surface area (Å²) in [5, 5.41) is 9.59. The fourth-order valence-corrected chi connectivity index (χ4v) is 3.61. The van der Waals surface area contributed by atoms with E-state index in [2.05, 4.69) is 0 Å². The minimum absolute atomic E-state index is 0.0554. The van der Waals surface area contributed by atoms with E-state index in [4.69, 9.17) is 19.9 Å². The zero-order valence-electron chi connectivity index (χ0n) is 18.0. The van der Waals surface area contributed by atoms with E-state index >= 15 is 0 Å². The van der Waals surface area contributed by atoms with Gasteiger partial charge in [0.15, 0.2) is 11.5 Å². The molecule has 1 amide bonds. The first-order valence-electron chi connectivity index (χ1n) is 10.7. The lowest BCUT2D eigenvalue weighted by molar-refractivity contribution is -0.143. The number of likely N-dealkylation sites (tertiary alicyclic amines) is 1. The van der Waals surface area contributed by atoms with Gasteiger partial charge in [-0.25, -0.2) is 0 Å². The number of nitrogens with two attached hydrogens (primary N) is 1. The van der Waals surface area contributed by atoms with Gasteiger partial charge in [0.05, 0.1) is 38.5 Å². The third-order valence-electron chi connectivity index (χ3n) is 5.25. The van der Waals surface area contributed by atoms with E-state index < -0.39 is 0 Å². The Morgan fingerprint density at radius 2 is 2.00 bits per heavy atom. The number of ether oxygens (including phenoxy) is 3. The Labute approximate surface area is 178 Å². The van der Waals surface area contributed by atoms with Crippen LogP contribution in [0.1, 0.15) is 62.2 Å². The number of methoxy groups -OCH3 is 1. The first-order chi connectivity index (χ1) is 14.5. The molecule has 0 bridgehead atoms. The first kappa shape index (κ1) is 23.8. The molecule has 1 aromatic carbocycles. The molecule has 0 unspecified atom stereocenters. The summed E-state index contributed by atoms with van der Waals surface area (Å²) in [6, 6.07) is 3.04. The Kier molecular flexibility index (Phi) is 9.73. The number of rotatable bonds is 11. The summed E-state index contributed by atoms with van der Waals surface area (Å²) in [7, 11) is 1.52. The van der Waals surface area contributed by atoms with Crippen LogP contribution in [-0.4, -0.2) is 61.4 Å². The number of benzene rings is 1. The van der Waals surface area contributed by atoms with E-state index in [9.17, 15) is 14.7 Å². The molecule has 0 aromatic heterocycles. The number of aliphatic hydroxyl groups excluding tert-OH is 1. The molecular weight excluding hydrogens is 388 g/mol. The number of aliphatic hydroxyl groups is 1. The van der Waals surface area contributed by atoms with Crippen molar-refractivity contribution in [2.24, 2.45) is 0 Å². The van der Waals surface area contributed by atoms with E-state index in [1.165, 1.54) is 7.11 Å². The average molecular weight is 423 g/mol. The predicted molar refractivity (Wildman–Crippen MR) is 114 cm³/mol. The summed E-state index contributed by atoms with van der Waals surface area (Å²) < 4.78 is 16.1. The lowest BCUT2D eigenvalue weighted by Gasteiger charge is -2.35. The number of nitrogen functional groups attached to an aromatic ring is 1. The molecule has 1 fully saturated rings. The monoisotopic (exact) mass is 422 g/mol. The topological polar surface area (TPSA) is 111 Å². The third-order valence-corrected chi connectivity index (χ3v) is 5.25. The van der Waals surface area contributed by atoms with E-state index in [0.717, 1.165) is 38.5 Å². The number of hydrogen-bond donors (Lipinski definition) is 2. The smallest absolute Gasteiger partial charge is 0.305 e. The Hall–Kier alpha value is -2.48. The second-order valence-electron chi connectivity index (χ2n) is 7.39. The highest BCUT2D eigenvalue weighted by molar-refractivity contribution is 6.00. The summed E-state index contributed by atoms with van der Waals surface area (Å²) in [6.07, 6.45) is 5.47. The van der Waals surface area contributed by atoms with Gasteiger partial charge in [-0.3, -0.25) is 9.59 Å². The summed E-state index contributed by atoms with van der Waals surface area (Å²) in [5.41, 5.74) is 6.83. The molecule has 1 aliphatic heterocycles.